The molecule has 19 heavy (non-hydrogen) atoms. The van der Waals surface area contributed by atoms with Crippen LogP contribution in [0.25, 0.3) is 11.0 Å². The van der Waals surface area contributed by atoms with Gasteiger partial charge in [-0.2, -0.15) is 0 Å². The predicted octanol–water partition coefficient (Wildman–Crippen LogP) is 2.30. The number of ether oxygens (including phenoxy) is 1. The second-order valence-corrected chi connectivity index (χ2v) is 3.94. The molecule has 1 aromatic heterocycles. The van der Waals surface area contributed by atoms with Crippen molar-refractivity contribution in [1.82, 2.24) is 15.0 Å². The Morgan fingerprint density at radius 2 is 1.58 bits per heavy atom. The molecule has 3 rings (SSSR count). The van der Waals surface area contributed by atoms with E-state index in [2.05, 4.69) is 22.2 Å². The maximum Gasteiger partial charge on any atom is 0.118 e. The number of hydrogen-bond donors (Lipinski definition) is 0. The Kier molecular flexibility index (Phi) is 2.87. The van der Waals surface area contributed by atoms with Gasteiger partial charge in [-0.15, -0.1) is 15.0 Å². The van der Waals surface area contributed by atoms with Gasteiger partial charge in [-0.25, -0.2) is 0 Å². The summed E-state index contributed by atoms with van der Waals surface area (Å²) in [6.07, 6.45) is 0. The normalized spacial score (nSPS) is 9.95. The molecule has 0 aliphatic rings. The summed E-state index contributed by atoms with van der Waals surface area (Å²) in [5.41, 5.74) is 2.57. The molecule has 0 fully saturated rings. The molecular formula is C15H11N3O. The largest absolute Gasteiger partial charge is 0.497 e. The quantitative estimate of drug-likeness (QED) is 0.621. The molecule has 0 bridgehead atoms. The molecule has 0 saturated heterocycles. The first-order chi connectivity index (χ1) is 9.35. The highest BCUT2D eigenvalue weighted by Gasteiger charge is 1.97. The summed E-state index contributed by atoms with van der Waals surface area (Å²) in [7, 11) is 1.64. The maximum atomic E-state index is 5.09. The first kappa shape index (κ1) is 11.3. The average Bonchev–Trinajstić information content (AvgIpc) is 2.88. The summed E-state index contributed by atoms with van der Waals surface area (Å²) in [6, 6.07) is 18.1. The Labute approximate surface area is 110 Å². The number of nitrogens with zero attached hydrogens (tertiary/aromatic N) is 3. The number of rotatable bonds is 1. The summed E-state index contributed by atoms with van der Waals surface area (Å²) in [5.74, 6) is 3.82. The van der Waals surface area contributed by atoms with Crippen molar-refractivity contribution in [2.75, 3.05) is 7.11 Å². The van der Waals surface area contributed by atoms with Gasteiger partial charge >= 0.3 is 0 Å². The zero-order valence-electron chi connectivity index (χ0n) is 10.4. The molecule has 0 N–H and O–H groups in total. The van der Waals surface area contributed by atoms with E-state index in [4.69, 9.17) is 4.74 Å². The molecule has 0 spiro atoms. The second kappa shape index (κ2) is 4.83. The topological polar surface area (TPSA) is 39.9 Å². The zero-order valence-corrected chi connectivity index (χ0v) is 10.4. The first-order valence-corrected chi connectivity index (χ1v) is 5.83. The third kappa shape index (κ3) is 2.40. The number of benzene rings is 2. The Morgan fingerprint density at radius 1 is 0.947 bits per heavy atom. The van der Waals surface area contributed by atoms with Crippen LogP contribution < -0.4 is 4.74 Å². The Hall–Kier alpha value is -2.80. The zero-order chi connectivity index (χ0) is 13.1. The molecule has 0 radical (unpaired) electrons. The van der Waals surface area contributed by atoms with Gasteiger partial charge in [0.2, 0.25) is 0 Å². The molecule has 0 saturated carbocycles. The third-order valence-electron chi connectivity index (χ3n) is 2.68. The summed E-state index contributed by atoms with van der Waals surface area (Å²) < 4.78 is 5.09. The van der Waals surface area contributed by atoms with E-state index in [-0.39, 0.29) is 0 Å². The van der Waals surface area contributed by atoms with Crippen LogP contribution in [0.1, 0.15) is 5.56 Å². The molecular weight excluding hydrogens is 238 g/mol. The van der Waals surface area contributed by atoms with Crippen molar-refractivity contribution in [3.8, 4) is 17.7 Å². The van der Waals surface area contributed by atoms with Gasteiger partial charge in [0.1, 0.15) is 16.8 Å². The van der Waals surface area contributed by atoms with Crippen molar-refractivity contribution < 1.29 is 4.74 Å². The number of methoxy groups -OCH3 is 1. The van der Waals surface area contributed by atoms with Crippen LogP contribution in [-0.2, 0) is 0 Å². The van der Waals surface area contributed by atoms with Gasteiger partial charge in [-0.1, -0.05) is 12.1 Å². The molecule has 4 nitrogen and oxygen atoms in total. The van der Waals surface area contributed by atoms with Gasteiger partial charge in [-0.3, -0.25) is 0 Å². The molecule has 0 aliphatic carbocycles. The van der Waals surface area contributed by atoms with E-state index in [1.165, 1.54) is 4.80 Å². The number of hydrogen-bond acceptors (Lipinski definition) is 3. The molecule has 2 aromatic carbocycles. The first-order valence-electron chi connectivity index (χ1n) is 5.83. The van der Waals surface area contributed by atoms with Gasteiger partial charge in [-0.05, 0) is 42.3 Å². The van der Waals surface area contributed by atoms with Crippen molar-refractivity contribution in [2.24, 2.45) is 0 Å². The molecule has 3 aromatic rings. The van der Waals surface area contributed by atoms with Crippen LogP contribution >= 0.6 is 0 Å². The predicted molar refractivity (Wildman–Crippen MR) is 72.8 cm³/mol. The Morgan fingerprint density at radius 3 is 2.16 bits per heavy atom. The molecule has 1 heterocycles. The Balaban J connectivity index is 1.89. The van der Waals surface area contributed by atoms with E-state index >= 15 is 0 Å². The fourth-order valence-corrected chi connectivity index (χ4v) is 1.70. The van der Waals surface area contributed by atoms with E-state index in [9.17, 15) is 0 Å². The number of fused-ring (bicyclic) bond motifs is 1. The lowest BCUT2D eigenvalue weighted by atomic mass is 10.2. The van der Waals surface area contributed by atoms with E-state index in [0.29, 0.717) is 0 Å². The molecule has 0 unspecified atom stereocenters. The highest BCUT2D eigenvalue weighted by molar-refractivity contribution is 5.73. The van der Waals surface area contributed by atoms with Crippen LogP contribution in [0, 0.1) is 12.0 Å². The van der Waals surface area contributed by atoms with Gasteiger partial charge in [0, 0.05) is 5.56 Å². The van der Waals surface area contributed by atoms with Crippen LogP contribution in [0.15, 0.2) is 48.5 Å². The summed E-state index contributed by atoms with van der Waals surface area (Å²) >= 11 is 0. The smallest absolute Gasteiger partial charge is 0.118 e. The average molecular weight is 249 g/mol. The standard InChI is InChI=1S/C15H11N3O/c1-19-13-8-6-12(7-9-13)10-11-18-16-14-4-2-3-5-15(14)17-18/h2-9H,1H3. The lowest BCUT2D eigenvalue weighted by molar-refractivity contribution is 0.415. The fraction of sp³-hybridized carbons (Fsp3) is 0.0667. The van der Waals surface area contributed by atoms with Crippen molar-refractivity contribution >= 4 is 11.0 Å². The third-order valence-corrected chi connectivity index (χ3v) is 2.68. The van der Waals surface area contributed by atoms with Crippen LogP contribution in [0.5, 0.6) is 5.75 Å². The summed E-state index contributed by atoms with van der Waals surface area (Å²) in [6.45, 7) is 0. The van der Waals surface area contributed by atoms with Crippen molar-refractivity contribution in [2.45, 2.75) is 0 Å². The fourth-order valence-electron chi connectivity index (χ4n) is 1.70. The molecule has 92 valence electrons. The SMILES string of the molecule is COc1ccc(C#Cn2nc3ccccc3n2)cc1. The monoisotopic (exact) mass is 249 g/mol. The lowest BCUT2D eigenvalue weighted by Crippen LogP contribution is -1.93. The highest BCUT2D eigenvalue weighted by Crippen LogP contribution is 2.10. The van der Waals surface area contributed by atoms with Crippen LogP contribution in [0.3, 0.4) is 0 Å². The minimum atomic E-state index is 0.813. The van der Waals surface area contributed by atoms with Gasteiger partial charge in [0.15, 0.2) is 0 Å². The van der Waals surface area contributed by atoms with Crippen LogP contribution in [0.4, 0.5) is 0 Å². The maximum absolute atomic E-state index is 5.09. The summed E-state index contributed by atoms with van der Waals surface area (Å²) in [4.78, 5) is 1.40. The van der Waals surface area contributed by atoms with Gasteiger partial charge < -0.3 is 4.74 Å². The minimum absolute atomic E-state index is 0.813. The molecule has 0 amide bonds. The van der Waals surface area contributed by atoms with Crippen molar-refractivity contribution in [1.29, 1.82) is 0 Å². The van der Waals surface area contributed by atoms with E-state index in [0.717, 1.165) is 22.3 Å². The molecule has 0 aliphatic heterocycles. The molecule has 4 heteroatoms. The van der Waals surface area contributed by atoms with Gasteiger partial charge in [0.25, 0.3) is 0 Å². The highest BCUT2D eigenvalue weighted by atomic mass is 16.5. The van der Waals surface area contributed by atoms with Gasteiger partial charge in [0.05, 0.1) is 13.2 Å². The van der Waals surface area contributed by atoms with Crippen molar-refractivity contribution in [3.05, 3.63) is 54.1 Å². The van der Waals surface area contributed by atoms with Crippen LogP contribution in [-0.4, -0.2) is 22.1 Å². The molecule has 0 atom stereocenters. The lowest BCUT2D eigenvalue weighted by Gasteiger charge is -1.97. The second-order valence-electron chi connectivity index (χ2n) is 3.94. The van der Waals surface area contributed by atoms with Crippen molar-refractivity contribution in [3.63, 3.8) is 0 Å². The van der Waals surface area contributed by atoms with E-state index in [1.54, 1.807) is 7.11 Å². The van der Waals surface area contributed by atoms with E-state index in [1.807, 2.05) is 48.5 Å². The minimum Gasteiger partial charge on any atom is -0.497 e. The van der Waals surface area contributed by atoms with E-state index < -0.39 is 0 Å². The van der Waals surface area contributed by atoms with Crippen LogP contribution in [0.2, 0.25) is 0 Å². The Bertz CT molecular complexity index is 730. The summed E-state index contributed by atoms with van der Waals surface area (Å²) in [5, 5.41) is 8.54. The number of aromatic nitrogens is 3.